The molecule has 0 bridgehead atoms. The van der Waals surface area contributed by atoms with Crippen LogP contribution in [0.3, 0.4) is 0 Å². The first-order valence-electron chi connectivity index (χ1n) is 10.7. The van der Waals surface area contributed by atoms with Crippen molar-refractivity contribution in [1.29, 1.82) is 0 Å². The van der Waals surface area contributed by atoms with Crippen LogP contribution in [0, 0.1) is 5.82 Å². The molecule has 0 aliphatic rings. The molecule has 3 heterocycles. The van der Waals surface area contributed by atoms with Gasteiger partial charge < -0.3 is 14.8 Å². The smallest absolute Gasteiger partial charge is 0.137 e. The monoisotopic (exact) mass is 450 g/mol. The van der Waals surface area contributed by atoms with Crippen LogP contribution in [0.15, 0.2) is 79.1 Å². The normalized spacial score (nSPS) is 11.4. The maximum atomic E-state index is 13.9. The molecule has 0 aliphatic carbocycles. The average Bonchev–Trinajstić information content (AvgIpc) is 3.46. The number of aromatic hydroxyl groups is 1. The molecule has 0 radical (unpaired) electrons. The fourth-order valence-electron chi connectivity index (χ4n) is 4.35. The second-order valence-corrected chi connectivity index (χ2v) is 8.09. The van der Waals surface area contributed by atoms with Gasteiger partial charge >= 0.3 is 0 Å². The van der Waals surface area contributed by atoms with Crippen LogP contribution < -0.4 is 4.74 Å². The average molecular weight is 450 g/mol. The molecule has 0 fully saturated rings. The molecule has 6 nitrogen and oxygen atoms in total. The molecule has 0 amide bonds. The number of ether oxygens (including phenoxy) is 1. The molecule has 6 aromatic rings. The van der Waals surface area contributed by atoms with Crippen molar-refractivity contribution in [2.75, 3.05) is 7.11 Å². The summed E-state index contributed by atoms with van der Waals surface area (Å²) >= 11 is 0. The van der Waals surface area contributed by atoms with E-state index in [2.05, 4.69) is 26.2 Å². The fraction of sp³-hybridized carbons (Fsp3) is 0.0370. The molecular formula is C27H19FN4O2. The maximum Gasteiger partial charge on any atom is 0.137 e. The lowest BCUT2D eigenvalue weighted by molar-refractivity contribution is 0.413. The van der Waals surface area contributed by atoms with Crippen molar-refractivity contribution >= 4 is 21.8 Å². The molecule has 3 N–H and O–H groups in total. The Hall–Kier alpha value is -4.65. The van der Waals surface area contributed by atoms with E-state index in [4.69, 9.17) is 4.74 Å². The highest BCUT2D eigenvalue weighted by Gasteiger charge is 2.15. The van der Waals surface area contributed by atoms with E-state index in [9.17, 15) is 9.50 Å². The molecule has 0 spiro atoms. The summed E-state index contributed by atoms with van der Waals surface area (Å²) in [6, 6.07) is 19.9. The van der Waals surface area contributed by atoms with E-state index in [1.165, 1.54) is 6.07 Å². The van der Waals surface area contributed by atoms with Crippen LogP contribution in [0.2, 0.25) is 0 Å². The number of H-pyrrole nitrogens is 2. The number of rotatable bonds is 4. The first-order valence-corrected chi connectivity index (χ1v) is 10.7. The van der Waals surface area contributed by atoms with Gasteiger partial charge in [0.15, 0.2) is 0 Å². The quantitative estimate of drug-likeness (QED) is 0.294. The third-order valence-corrected chi connectivity index (χ3v) is 5.96. The Morgan fingerprint density at radius 2 is 1.76 bits per heavy atom. The van der Waals surface area contributed by atoms with Gasteiger partial charge in [-0.3, -0.25) is 10.1 Å². The Bertz CT molecular complexity index is 1670. The van der Waals surface area contributed by atoms with E-state index >= 15 is 0 Å². The first-order chi connectivity index (χ1) is 16.6. The van der Waals surface area contributed by atoms with E-state index < -0.39 is 5.82 Å². The Morgan fingerprint density at radius 1 is 0.853 bits per heavy atom. The number of hydrogen-bond acceptors (Lipinski definition) is 4. The van der Waals surface area contributed by atoms with Crippen LogP contribution in [-0.2, 0) is 0 Å². The number of nitrogens with one attached hydrogen (secondary N) is 2. The molecule has 0 aliphatic heterocycles. The van der Waals surface area contributed by atoms with Gasteiger partial charge in [-0.2, -0.15) is 5.10 Å². The number of halogens is 1. The summed E-state index contributed by atoms with van der Waals surface area (Å²) in [7, 11) is 1.62. The summed E-state index contributed by atoms with van der Waals surface area (Å²) < 4.78 is 19.3. The SMILES string of the molecule is COc1cncc(-c2ccc3[nH]nc(-c4cc5c(-c6cc(O)cc(F)c6)cccc5[nH]4)c3c2)c1. The number of aromatic nitrogens is 4. The van der Waals surface area contributed by atoms with Crippen LogP contribution in [0.5, 0.6) is 11.5 Å². The van der Waals surface area contributed by atoms with Crippen molar-refractivity contribution < 1.29 is 14.2 Å². The number of nitrogens with zero attached hydrogens (tertiary/aromatic N) is 2. The van der Waals surface area contributed by atoms with Gasteiger partial charge in [-0.25, -0.2) is 4.39 Å². The number of pyridine rings is 1. The Kier molecular flexibility index (Phi) is 4.55. The lowest BCUT2D eigenvalue weighted by Crippen LogP contribution is -1.86. The first kappa shape index (κ1) is 20.0. The van der Waals surface area contributed by atoms with Gasteiger partial charge in [-0.15, -0.1) is 0 Å². The lowest BCUT2D eigenvalue weighted by atomic mass is 10.0. The number of hydrogen-bond donors (Lipinski definition) is 3. The van der Waals surface area contributed by atoms with Gasteiger partial charge in [0.1, 0.15) is 23.0 Å². The van der Waals surface area contributed by atoms with Crippen molar-refractivity contribution in [3.63, 3.8) is 0 Å². The molecular weight excluding hydrogens is 431 g/mol. The van der Waals surface area contributed by atoms with Crippen molar-refractivity contribution in [2.45, 2.75) is 0 Å². The Balaban J connectivity index is 1.49. The predicted octanol–water partition coefficient (Wildman–Crippen LogP) is 6.29. The number of aromatic amines is 2. The van der Waals surface area contributed by atoms with Crippen molar-refractivity contribution in [2.24, 2.45) is 0 Å². The molecule has 166 valence electrons. The van der Waals surface area contributed by atoms with E-state index in [0.29, 0.717) is 11.3 Å². The zero-order chi connectivity index (χ0) is 23.2. The van der Waals surface area contributed by atoms with Gasteiger partial charge in [-0.1, -0.05) is 18.2 Å². The molecule has 7 heteroatoms. The molecule has 3 aromatic heterocycles. The molecule has 0 atom stereocenters. The summed E-state index contributed by atoms with van der Waals surface area (Å²) in [6.07, 6.45) is 3.47. The lowest BCUT2D eigenvalue weighted by Gasteiger charge is -2.05. The van der Waals surface area contributed by atoms with E-state index in [-0.39, 0.29) is 5.75 Å². The van der Waals surface area contributed by atoms with Crippen molar-refractivity contribution in [3.05, 3.63) is 84.9 Å². The largest absolute Gasteiger partial charge is 0.508 e. The summed E-state index contributed by atoms with van der Waals surface area (Å²) in [6.45, 7) is 0. The van der Waals surface area contributed by atoms with E-state index in [0.717, 1.165) is 56.0 Å². The maximum absolute atomic E-state index is 13.9. The third kappa shape index (κ3) is 3.34. The van der Waals surface area contributed by atoms with Gasteiger partial charge in [0, 0.05) is 34.1 Å². The van der Waals surface area contributed by atoms with Crippen molar-refractivity contribution in [1.82, 2.24) is 20.2 Å². The fourth-order valence-corrected chi connectivity index (χ4v) is 4.35. The highest BCUT2D eigenvalue weighted by molar-refractivity contribution is 6.02. The van der Waals surface area contributed by atoms with Crippen LogP contribution in [0.25, 0.3) is 55.4 Å². The topological polar surface area (TPSA) is 86.8 Å². The van der Waals surface area contributed by atoms with Crippen molar-refractivity contribution in [3.8, 4) is 45.1 Å². The zero-order valence-electron chi connectivity index (χ0n) is 18.1. The minimum absolute atomic E-state index is 0.111. The molecule has 6 rings (SSSR count). The Morgan fingerprint density at radius 3 is 2.62 bits per heavy atom. The highest BCUT2D eigenvalue weighted by Crippen LogP contribution is 2.36. The van der Waals surface area contributed by atoms with E-state index in [1.807, 2.05) is 42.5 Å². The molecule has 0 unspecified atom stereocenters. The number of fused-ring (bicyclic) bond motifs is 2. The van der Waals surface area contributed by atoms with Gasteiger partial charge in [0.05, 0.1) is 24.5 Å². The third-order valence-electron chi connectivity index (χ3n) is 5.96. The second kappa shape index (κ2) is 7.74. The summed E-state index contributed by atoms with van der Waals surface area (Å²) in [5.41, 5.74) is 6.76. The van der Waals surface area contributed by atoms with Gasteiger partial charge in [0.25, 0.3) is 0 Å². The summed E-state index contributed by atoms with van der Waals surface area (Å²) in [5.74, 6) is 0.0952. The Labute approximate surface area is 193 Å². The molecule has 0 saturated heterocycles. The molecule has 34 heavy (non-hydrogen) atoms. The van der Waals surface area contributed by atoms with Crippen LogP contribution >= 0.6 is 0 Å². The standard InChI is InChI=1S/C27H19FN4O2/c1-34-20-9-17(13-29-14-20)15-5-6-25-23(10-15)27(32-31-25)26-12-22-21(3-2-4-24(22)30-26)16-7-18(28)11-19(33)8-16/h2-14,30,33H,1H3,(H,31,32). The van der Waals surface area contributed by atoms with Crippen LogP contribution in [0.1, 0.15) is 0 Å². The molecule has 0 saturated carbocycles. The minimum Gasteiger partial charge on any atom is -0.508 e. The zero-order valence-corrected chi connectivity index (χ0v) is 18.1. The minimum atomic E-state index is -0.486. The highest BCUT2D eigenvalue weighted by atomic mass is 19.1. The predicted molar refractivity (Wildman–Crippen MR) is 130 cm³/mol. The van der Waals surface area contributed by atoms with Gasteiger partial charge in [0.2, 0.25) is 0 Å². The summed E-state index contributed by atoms with van der Waals surface area (Å²) in [5, 5.41) is 19.4. The number of benzene rings is 3. The molecule has 3 aromatic carbocycles. The number of phenolic OH excluding ortho intramolecular Hbond substituents is 1. The van der Waals surface area contributed by atoms with Crippen LogP contribution in [0.4, 0.5) is 4.39 Å². The van der Waals surface area contributed by atoms with Gasteiger partial charge in [-0.05, 0) is 59.2 Å². The van der Waals surface area contributed by atoms with E-state index in [1.54, 1.807) is 25.6 Å². The second-order valence-electron chi connectivity index (χ2n) is 8.09. The summed E-state index contributed by atoms with van der Waals surface area (Å²) in [4.78, 5) is 7.70. The number of methoxy groups -OCH3 is 1. The van der Waals surface area contributed by atoms with Crippen LogP contribution in [-0.4, -0.2) is 32.4 Å². The number of phenols is 1.